The number of carbonyl (C=O) groups is 1. The van der Waals surface area contributed by atoms with Crippen LogP contribution in [0.5, 0.6) is 11.5 Å². The van der Waals surface area contributed by atoms with Crippen LogP contribution in [0.15, 0.2) is 18.2 Å². The van der Waals surface area contributed by atoms with Crippen LogP contribution in [0.3, 0.4) is 0 Å². The SMILES string of the molecule is COc1ccc(NCCC(=O)NC2CCCCC2)cc1OC. The second kappa shape index (κ2) is 8.51. The van der Waals surface area contributed by atoms with E-state index in [0.717, 1.165) is 18.5 Å². The summed E-state index contributed by atoms with van der Waals surface area (Å²) in [4.78, 5) is 11.9. The topological polar surface area (TPSA) is 59.6 Å². The average Bonchev–Trinajstić information content (AvgIpc) is 2.55. The Kier molecular flexibility index (Phi) is 6.37. The maximum Gasteiger partial charge on any atom is 0.221 e. The van der Waals surface area contributed by atoms with Crippen LogP contribution in [-0.4, -0.2) is 32.7 Å². The normalized spacial score (nSPS) is 15.2. The molecule has 1 amide bonds. The highest BCUT2D eigenvalue weighted by Gasteiger charge is 2.15. The van der Waals surface area contributed by atoms with Crippen LogP contribution in [0.4, 0.5) is 5.69 Å². The van der Waals surface area contributed by atoms with E-state index < -0.39 is 0 Å². The minimum absolute atomic E-state index is 0.125. The first kappa shape index (κ1) is 16.5. The number of carbonyl (C=O) groups excluding carboxylic acids is 1. The van der Waals surface area contributed by atoms with Gasteiger partial charge in [0, 0.05) is 30.8 Å². The first-order valence-corrected chi connectivity index (χ1v) is 7.98. The van der Waals surface area contributed by atoms with E-state index in [2.05, 4.69) is 10.6 Å². The van der Waals surface area contributed by atoms with E-state index in [4.69, 9.17) is 9.47 Å². The summed E-state index contributed by atoms with van der Waals surface area (Å²) in [5.74, 6) is 1.50. The van der Waals surface area contributed by atoms with Crippen LogP contribution in [0.25, 0.3) is 0 Å². The molecule has 0 unspecified atom stereocenters. The molecule has 0 aromatic heterocycles. The van der Waals surface area contributed by atoms with E-state index in [0.29, 0.717) is 30.5 Å². The summed E-state index contributed by atoms with van der Waals surface area (Å²) in [5.41, 5.74) is 0.920. The Hall–Kier alpha value is -1.91. The van der Waals surface area contributed by atoms with Gasteiger partial charge in [0.05, 0.1) is 14.2 Å². The molecular formula is C17H26N2O3. The number of rotatable bonds is 7. The molecule has 0 radical (unpaired) electrons. The highest BCUT2D eigenvalue weighted by Crippen LogP contribution is 2.29. The highest BCUT2D eigenvalue weighted by molar-refractivity contribution is 5.76. The van der Waals surface area contributed by atoms with Crippen molar-refractivity contribution in [3.63, 3.8) is 0 Å². The van der Waals surface area contributed by atoms with E-state index in [1.807, 2.05) is 18.2 Å². The zero-order valence-electron chi connectivity index (χ0n) is 13.5. The molecule has 0 heterocycles. The zero-order valence-corrected chi connectivity index (χ0v) is 13.5. The third-order valence-electron chi connectivity index (χ3n) is 4.04. The van der Waals surface area contributed by atoms with Gasteiger partial charge in [0.2, 0.25) is 5.91 Å². The molecule has 0 spiro atoms. The summed E-state index contributed by atoms with van der Waals surface area (Å²) in [5, 5.41) is 6.36. The van der Waals surface area contributed by atoms with E-state index in [1.54, 1.807) is 14.2 Å². The van der Waals surface area contributed by atoms with Gasteiger partial charge >= 0.3 is 0 Å². The molecule has 1 fully saturated rings. The van der Waals surface area contributed by atoms with Crippen molar-refractivity contribution < 1.29 is 14.3 Å². The summed E-state index contributed by atoms with van der Waals surface area (Å²) in [6.07, 6.45) is 6.48. The van der Waals surface area contributed by atoms with Crippen molar-refractivity contribution >= 4 is 11.6 Å². The van der Waals surface area contributed by atoms with Crippen LogP contribution >= 0.6 is 0 Å². The third kappa shape index (κ3) is 4.83. The van der Waals surface area contributed by atoms with Gasteiger partial charge in [0.25, 0.3) is 0 Å². The molecular weight excluding hydrogens is 280 g/mol. The summed E-state index contributed by atoms with van der Waals surface area (Å²) in [6, 6.07) is 6.02. The molecule has 2 N–H and O–H groups in total. The number of hydrogen-bond acceptors (Lipinski definition) is 4. The average molecular weight is 306 g/mol. The fourth-order valence-corrected chi connectivity index (χ4v) is 2.81. The van der Waals surface area contributed by atoms with Crippen molar-refractivity contribution in [1.29, 1.82) is 0 Å². The highest BCUT2D eigenvalue weighted by atomic mass is 16.5. The lowest BCUT2D eigenvalue weighted by molar-refractivity contribution is -0.121. The van der Waals surface area contributed by atoms with Gasteiger partial charge in [0.1, 0.15) is 0 Å². The number of ether oxygens (including phenoxy) is 2. The van der Waals surface area contributed by atoms with E-state index in [-0.39, 0.29) is 5.91 Å². The Labute approximate surface area is 132 Å². The molecule has 0 atom stereocenters. The van der Waals surface area contributed by atoms with Crippen molar-refractivity contribution in [2.75, 3.05) is 26.1 Å². The minimum atomic E-state index is 0.125. The number of methoxy groups -OCH3 is 2. The van der Waals surface area contributed by atoms with Crippen molar-refractivity contribution in [3.8, 4) is 11.5 Å². The van der Waals surface area contributed by atoms with E-state index in [9.17, 15) is 4.79 Å². The van der Waals surface area contributed by atoms with E-state index in [1.165, 1.54) is 19.3 Å². The summed E-state index contributed by atoms with van der Waals surface area (Å²) in [7, 11) is 3.22. The molecule has 1 aliphatic rings. The molecule has 22 heavy (non-hydrogen) atoms. The fraction of sp³-hybridized carbons (Fsp3) is 0.588. The van der Waals surface area contributed by atoms with Crippen molar-refractivity contribution in [3.05, 3.63) is 18.2 Å². The first-order valence-electron chi connectivity index (χ1n) is 7.98. The fourth-order valence-electron chi connectivity index (χ4n) is 2.81. The molecule has 1 saturated carbocycles. The molecule has 2 rings (SSSR count). The maximum absolute atomic E-state index is 11.9. The number of anilines is 1. The van der Waals surface area contributed by atoms with Crippen LogP contribution < -0.4 is 20.1 Å². The number of amides is 1. The third-order valence-corrected chi connectivity index (χ3v) is 4.04. The maximum atomic E-state index is 11.9. The van der Waals surface area contributed by atoms with Gasteiger partial charge in [-0.3, -0.25) is 4.79 Å². The molecule has 1 aliphatic carbocycles. The second-order valence-electron chi connectivity index (χ2n) is 5.65. The molecule has 1 aromatic rings. The van der Waals surface area contributed by atoms with Crippen LogP contribution in [0, 0.1) is 0 Å². The van der Waals surface area contributed by atoms with Gasteiger partial charge in [-0.25, -0.2) is 0 Å². The molecule has 0 bridgehead atoms. The predicted molar refractivity (Wildman–Crippen MR) is 87.7 cm³/mol. The molecule has 0 saturated heterocycles. The Morgan fingerprint density at radius 3 is 2.55 bits per heavy atom. The number of benzene rings is 1. The lowest BCUT2D eigenvalue weighted by Gasteiger charge is -2.22. The molecule has 5 heteroatoms. The monoisotopic (exact) mass is 306 g/mol. The van der Waals surface area contributed by atoms with Crippen molar-refractivity contribution in [2.24, 2.45) is 0 Å². The molecule has 1 aromatic carbocycles. The Balaban J connectivity index is 1.74. The van der Waals surface area contributed by atoms with Gasteiger partial charge in [0.15, 0.2) is 11.5 Å². The number of nitrogens with one attached hydrogen (secondary N) is 2. The lowest BCUT2D eigenvalue weighted by Crippen LogP contribution is -2.36. The second-order valence-corrected chi connectivity index (χ2v) is 5.65. The standard InChI is InChI=1S/C17H26N2O3/c1-21-15-9-8-14(12-16(15)22-2)18-11-10-17(20)19-13-6-4-3-5-7-13/h8-9,12-13,18H,3-7,10-11H2,1-2H3,(H,19,20). The largest absolute Gasteiger partial charge is 0.493 e. The summed E-state index contributed by atoms with van der Waals surface area (Å²) >= 11 is 0. The predicted octanol–water partition coefficient (Wildman–Crippen LogP) is 2.95. The van der Waals surface area contributed by atoms with Gasteiger partial charge in [-0.1, -0.05) is 19.3 Å². The van der Waals surface area contributed by atoms with Crippen molar-refractivity contribution in [1.82, 2.24) is 5.32 Å². The van der Waals surface area contributed by atoms with Gasteiger partial charge in [-0.2, -0.15) is 0 Å². The van der Waals surface area contributed by atoms with Crippen LogP contribution in [0.2, 0.25) is 0 Å². The van der Waals surface area contributed by atoms with Gasteiger partial charge in [-0.05, 0) is 25.0 Å². The number of hydrogen-bond donors (Lipinski definition) is 2. The molecule has 0 aliphatic heterocycles. The van der Waals surface area contributed by atoms with Crippen LogP contribution in [-0.2, 0) is 4.79 Å². The van der Waals surface area contributed by atoms with E-state index >= 15 is 0 Å². The van der Waals surface area contributed by atoms with Crippen molar-refractivity contribution in [2.45, 2.75) is 44.6 Å². The Morgan fingerprint density at radius 1 is 1.14 bits per heavy atom. The quantitative estimate of drug-likeness (QED) is 0.813. The smallest absolute Gasteiger partial charge is 0.221 e. The minimum Gasteiger partial charge on any atom is -0.493 e. The van der Waals surface area contributed by atoms with Gasteiger partial charge < -0.3 is 20.1 Å². The molecule has 122 valence electrons. The Bertz CT molecular complexity index is 485. The molecule has 5 nitrogen and oxygen atoms in total. The Morgan fingerprint density at radius 2 is 1.86 bits per heavy atom. The lowest BCUT2D eigenvalue weighted by atomic mass is 9.95. The van der Waals surface area contributed by atoms with Crippen LogP contribution in [0.1, 0.15) is 38.5 Å². The zero-order chi connectivity index (χ0) is 15.8. The van der Waals surface area contributed by atoms with Gasteiger partial charge in [-0.15, -0.1) is 0 Å². The first-order chi connectivity index (χ1) is 10.7. The summed E-state index contributed by atoms with van der Waals surface area (Å²) < 4.78 is 10.5. The summed E-state index contributed by atoms with van der Waals surface area (Å²) in [6.45, 7) is 0.605.